The summed E-state index contributed by atoms with van der Waals surface area (Å²) in [5.74, 6) is 0.683. The van der Waals surface area contributed by atoms with E-state index in [2.05, 4.69) is 34.6 Å². The van der Waals surface area contributed by atoms with Crippen molar-refractivity contribution in [3.8, 4) is 0 Å². The molecule has 2 rings (SSSR count). The van der Waals surface area contributed by atoms with Crippen molar-refractivity contribution in [3.05, 3.63) is 18.5 Å². The van der Waals surface area contributed by atoms with E-state index >= 15 is 0 Å². The Morgan fingerprint density at radius 2 is 1.76 bits per heavy atom. The van der Waals surface area contributed by atoms with E-state index in [-0.39, 0.29) is 6.09 Å². The Balaban J connectivity index is 0.00000106. The number of hydrogen-bond donors (Lipinski definition) is 0. The van der Waals surface area contributed by atoms with Gasteiger partial charge in [0.1, 0.15) is 5.60 Å². The number of hydrogen-bond acceptors (Lipinski definition) is 5. The van der Waals surface area contributed by atoms with Crippen LogP contribution in [0.5, 0.6) is 0 Å². The van der Waals surface area contributed by atoms with E-state index in [1.807, 2.05) is 20.8 Å². The van der Waals surface area contributed by atoms with Gasteiger partial charge in [-0.25, -0.2) is 4.79 Å². The van der Waals surface area contributed by atoms with Gasteiger partial charge in [-0.05, 0) is 20.8 Å². The molecule has 1 saturated heterocycles. The Morgan fingerprint density at radius 3 is 2.24 bits per heavy atom. The van der Waals surface area contributed by atoms with Gasteiger partial charge in [0.05, 0.1) is 0 Å². The summed E-state index contributed by atoms with van der Waals surface area (Å²) >= 11 is 4.25. The quantitative estimate of drug-likeness (QED) is 0.527. The maximum atomic E-state index is 11.9. The van der Waals surface area contributed by atoms with Crippen molar-refractivity contribution >= 4 is 25.7 Å². The van der Waals surface area contributed by atoms with Gasteiger partial charge in [-0.3, -0.25) is 9.97 Å². The van der Waals surface area contributed by atoms with Crippen LogP contribution >= 0.6 is 13.6 Å². The van der Waals surface area contributed by atoms with Crippen molar-refractivity contribution < 1.29 is 25.9 Å². The first-order valence-corrected chi connectivity index (χ1v) is 13.6. The van der Waals surface area contributed by atoms with Gasteiger partial charge in [-0.15, -0.1) is 12.4 Å². The van der Waals surface area contributed by atoms with E-state index in [4.69, 9.17) is 4.74 Å². The molecule has 21 heavy (non-hydrogen) atoms. The third kappa shape index (κ3) is 6.26. The van der Waals surface area contributed by atoms with E-state index in [0.717, 1.165) is 0 Å². The van der Waals surface area contributed by atoms with Crippen molar-refractivity contribution in [2.75, 3.05) is 31.1 Å². The first-order valence-electron chi connectivity index (χ1n) is 6.63. The summed E-state index contributed by atoms with van der Waals surface area (Å²) in [7, 11) is 0. The predicted molar refractivity (Wildman–Crippen MR) is 79.8 cm³/mol. The van der Waals surface area contributed by atoms with Crippen molar-refractivity contribution in [1.82, 2.24) is 14.9 Å². The number of carbonyl (C=O) groups excluding carboxylic acids is 1. The van der Waals surface area contributed by atoms with E-state index < -0.39 is 5.60 Å². The number of carbonyl (C=O) groups is 1. The molecule has 1 aromatic heterocycles. The molecule has 1 aliphatic heterocycles. The van der Waals surface area contributed by atoms with Crippen LogP contribution in [-0.2, 0) is 21.1 Å². The standard InChI is InChI=1S/C13H19N4O2.BrH.Zn/c1-13(2,3)19-12(18)17-9-7-16(8-10-17)11-14-5-4-6-15-11;;/h5-6H,7-10H2,1-3H3;1H;/q-1;;+2/p-1. The van der Waals surface area contributed by atoms with E-state index in [1.54, 1.807) is 17.3 Å². The molecule has 0 spiro atoms. The van der Waals surface area contributed by atoms with Gasteiger partial charge in [0.25, 0.3) is 0 Å². The van der Waals surface area contributed by atoms with Gasteiger partial charge in [0, 0.05) is 26.2 Å². The monoisotopic (exact) mass is 406 g/mol. The van der Waals surface area contributed by atoms with E-state index in [9.17, 15) is 4.79 Å². The Kier molecular flexibility index (Phi) is 7.53. The fraction of sp³-hybridized carbons (Fsp3) is 0.615. The summed E-state index contributed by atoms with van der Waals surface area (Å²) in [5.41, 5.74) is -0.452. The van der Waals surface area contributed by atoms with Crippen LogP contribution in [0.3, 0.4) is 0 Å². The second kappa shape index (κ2) is 8.64. The van der Waals surface area contributed by atoms with Gasteiger partial charge in [0.15, 0.2) is 0 Å². The molecule has 0 N–H and O–H groups in total. The third-order valence-electron chi connectivity index (χ3n) is 2.72. The summed E-state index contributed by atoms with van der Waals surface area (Å²) in [4.78, 5) is 24.0. The van der Waals surface area contributed by atoms with Crippen LogP contribution in [0.25, 0.3) is 0 Å². The van der Waals surface area contributed by atoms with Crippen molar-refractivity contribution in [2.45, 2.75) is 26.4 Å². The van der Waals surface area contributed by atoms with Crippen molar-refractivity contribution in [3.63, 3.8) is 0 Å². The molecule has 0 atom stereocenters. The number of ether oxygens (including phenoxy) is 1. The predicted octanol–water partition coefficient (Wildman–Crippen LogP) is 2.18. The second-order valence-corrected chi connectivity index (χ2v) is 5.44. The number of aromatic nitrogens is 2. The van der Waals surface area contributed by atoms with Crippen LogP contribution < -0.4 is 4.90 Å². The van der Waals surface area contributed by atoms with Crippen molar-refractivity contribution in [1.29, 1.82) is 0 Å². The second-order valence-electron chi connectivity index (χ2n) is 5.44. The molecule has 0 bridgehead atoms. The number of piperazine rings is 1. The molecule has 0 aliphatic carbocycles. The van der Waals surface area contributed by atoms with Crippen LogP contribution in [0.4, 0.5) is 10.7 Å². The topological polar surface area (TPSA) is 58.6 Å². The molecule has 1 aromatic rings. The molecular formula is C13H19BrN4O2Zn. The third-order valence-corrected chi connectivity index (χ3v) is 2.72. The average molecular weight is 409 g/mol. The average Bonchev–Trinajstić information content (AvgIpc) is 2.49. The van der Waals surface area contributed by atoms with E-state index in [0.29, 0.717) is 32.1 Å². The minimum atomic E-state index is -0.452. The fourth-order valence-electron chi connectivity index (χ4n) is 1.84. The zero-order valence-electron chi connectivity index (χ0n) is 12.7. The Morgan fingerprint density at radius 1 is 1.24 bits per heavy atom. The summed E-state index contributed by atoms with van der Waals surface area (Å²) in [6, 6.07) is 2.79. The molecule has 6 nitrogen and oxygen atoms in total. The molecule has 2 heterocycles. The number of amides is 1. The number of nitrogens with zero attached hydrogens (tertiary/aromatic N) is 4. The molecule has 112 valence electrons. The minimum absolute atomic E-state index is 0.255. The Bertz CT molecular complexity index is 434. The maximum absolute atomic E-state index is 11.9. The van der Waals surface area contributed by atoms with Gasteiger partial charge in [-0.2, -0.15) is 0 Å². The molecule has 0 saturated carbocycles. The zero-order chi connectivity index (χ0) is 15.9. The van der Waals surface area contributed by atoms with Gasteiger partial charge in [0.2, 0.25) is 5.95 Å². The van der Waals surface area contributed by atoms with Crippen LogP contribution in [-0.4, -0.2) is 52.7 Å². The summed E-state index contributed by atoms with van der Waals surface area (Å²) < 4.78 is 5.35. The molecule has 8 heteroatoms. The number of rotatable bonds is 1. The first-order chi connectivity index (χ1) is 9.96. The molecule has 1 amide bonds. The molecular weight excluding hydrogens is 389 g/mol. The van der Waals surface area contributed by atoms with Crippen LogP contribution in [0.15, 0.2) is 12.4 Å². The zero-order valence-corrected chi connectivity index (χ0v) is 17.2. The Hall–Kier alpha value is -0.747. The van der Waals surface area contributed by atoms with Gasteiger partial charge in [-0.1, -0.05) is 0 Å². The normalized spacial score (nSPS) is 15.1. The van der Waals surface area contributed by atoms with Crippen LogP contribution in [0, 0.1) is 6.07 Å². The van der Waals surface area contributed by atoms with Crippen LogP contribution in [0.1, 0.15) is 20.8 Å². The Labute approximate surface area is 142 Å². The van der Waals surface area contributed by atoms with E-state index in [1.165, 1.54) is 16.3 Å². The SMILES string of the molecule is CC(C)(C)OC(=O)N1CCN(c2nc[c-]cn2)CC1.[Zn+][Br]. The molecule has 1 fully saturated rings. The van der Waals surface area contributed by atoms with Crippen molar-refractivity contribution in [2.24, 2.45) is 0 Å². The first kappa shape index (κ1) is 18.3. The van der Waals surface area contributed by atoms with Crippen LogP contribution in [0.2, 0.25) is 0 Å². The number of anilines is 1. The summed E-state index contributed by atoms with van der Waals surface area (Å²) in [6.07, 6.45) is 2.94. The molecule has 0 aromatic carbocycles. The van der Waals surface area contributed by atoms with Gasteiger partial charge < -0.3 is 20.6 Å². The fourth-order valence-corrected chi connectivity index (χ4v) is 1.84. The summed E-state index contributed by atoms with van der Waals surface area (Å²) in [6.45, 7) is 8.28. The molecule has 0 unspecified atom stereocenters. The molecule has 1 aliphatic rings. The summed E-state index contributed by atoms with van der Waals surface area (Å²) in [5, 5.41) is 0. The molecule has 0 radical (unpaired) electrons. The number of halogens is 1. The van der Waals surface area contributed by atoms with Gasteiger partial charge >= 0.3 is 36.1 Å².